The van der Waals surface area contributed by atoms with Crippen molar-refractivity contribution in [3.05, 3.63) is 22.2 Å². The number of aromatic nitrogens is 2. The van der Waals surface area contributed by atoms with Crippen LogP contribution >= 0.6 is 11.6 Å². The van der Waals surface area contributed by atoms with Crippen molar-refractivity contribution in [3.8, 4) is 0 Å². The predicted molar refractivity (Wildman–Crippen MR) is 52.7 cm³/mol. The van der Waals surface area contributed by atoms with Crippen molar-refractivity contribution in [2.24, 2.45) is 0 Å². The molecule has 0 saturated heterocycles. The Labute approximate surface area is 99.8 Å². The van der Waals surface area contributed by atoms with Crippen molar-refractivity contribution in [1.82, 2.24) is 9.97 Å². The van der Waals surface area contributed by atoms with Gasteiger partial charge in [-0.05, 0) is 25.4 Å². The number of hydrogen-bond donors (Lipinski definition) is 0. The molecule has 17 heavy (non-hydrogen) atoms. The van der Waals surface area contributed by atoms with Crippen LogP contribution in [0.5, 0.6) is 0 Å². The molecule has 0 unspecified atom stereocenters. The highest BCUT2D eigenvalue weighted by Gasteiger charge is 2.39. The lowest BCUT2D eigenvalue weighted by molar-refractivity contribution is -0.141. The second-order valence-corrected chi connectivity index (χ2v) is 3.36. The minimum Gasteiger partial charge on any atom is -0.462 e. The van der Waals surface area contributed by atoms with Crippen LogP contribution in [0.1, 0.15) is 28.7 Å². The van der Waals surface area contributed by atoms with Crippen molar-refractivity contribution in [1.29, 1.82) is 0 Å². The molecule has 94 valence electrons. The maximum atomic E-state index is 12.7. The first kappa shape index (κ1) is 13.7. The van der Waals surface area contributed by atoms with Gasteiger partial charge in [-0.1, -0.05) is 0 Å². The Kier molecular flexibility index (Phi) is 3.92. The van der Waals surface area contributed by atoms with Crippen molar-refractivity contribution >= 4 is 17.6 Å². The molecule has 0 N–H and O–H groups in total. The van der Waals surface area contributed by atoms with E-state index in [0.717, 1.165) is 0 Å². The number of nitrogens with zero attached hydrogens (tertiary/aromatic N) is 2. The number of aryl methyl sites for hydroxylation is 1. The maximum absolute atomic E-state index is 12.7. The van der Waals surface area contributed by atoms with Crippen molar-refractivity contribution in [3.63, 3.8) is 0 Å². The highest BCUT2D eigenvalue weighted by atomic mass is 35.5. The van der Waals surface area contributed by atoms with Gasteiger partial charge in [0, 0.05) is 0 Å². The van der Waals surface area contributed by atoms with Crippen LogP contribution < -0.4 is 0 Å². The Hall–Kier alpha value is -1.37. The number of esters is 1. The number of hydrogen-bond acceptors (Lipinski definition) is 4. The molecule has 0 saturated carbocycles. The quantitative estimate of drug-likeness (QED) is 0.611. The van der Waals surface area contributed by atoms with Crippen LogP contribution in [0.25, 0.3) is 0 Å². The normalized spacial score (nSPS) is 11.4. The molecule has 1 rings (SSSR count). The highest BCUT2D eigenvalue weighted by Crippen LogP contribution is 2.32. The van der Waals surface area contributed by atoms with Crippen LogP contribution in [0.3, 0.4) is 0 Å². The average Bonchev–Trinajstić information content (AvgIpc) is 2.15. The Morgan fingerprint density at radius 2 is 2.00 bits per heavy atom. The van der Waals surface area contributed by atoms with Gasteiger partial charge in [0.1, 0.15) is 5.56 Å². The van der Waals surface area contributed by atoms with Gasteiger partial charge in [0.05, 0.1) is 12.3 Å². The fourth-order valence-corrected chi connectivity index (χ4v) is 1.40. The molecule has 1 heterocycles. The summed E-state index contributed by atoms with van der Waals surface area (Å²) < 4.78 is 42.5. The molecule has 0 radical (unpaired) electrons. The molecule has 0 atom stereocenters. The van der Waals surface area contributed by atoms with E-state index in [9.17, 15) is 18.0 Å². The van der Waals surface area contributed by atoms with Gasteiger partial charge in [-0.25, -0.2) is 14.8 Å². The summed E-state index contributed by atoms with van der Waals surface area (Å²) in [5.74, 6) is -1.12. The standard InChI is InChI=1S/C9H8ClF3N2O2/c1-3-17-7(16)5-4(2)14-8(10)15-6(5)9(11,12)13/h3H2,1-2H3. The molecule has 0 spiro atoms. The van der Waals surface area contributed by atoms with Crippen LogP contribution in [0.4, 0.5) is 13.2 Å². The first-order valence-electron chi connectivity index (χ1n) is 4.55. The molecule has 1 aromatic heterocycles. The number of alkyl halides is 3. The number of carbonyl (C=O) groups excluding carboxylic acids is 1. The van der Waals surface area contributed by atoms with Crippen molar-refractivity contribution < 1.29 is 22.7 Å². The summed E-state index contributed by atoms with van der Waals surface area (Å²) >= 11 is 5.34. The zero-order chi connectivity index (χ0) is 13.2. The summed E-state index contributed by atoms with van der Waals surface area (Å²) in [4.78, 5) is 17.9. The fraction of sp³-hybridized carbons (Fsp3) is 0.444. The van der Waals surface area contributed by atoms with Gasteiger partial charge < -0.3 is 4.74 Å². The fourth-order valence-electron chi connectivity index (χ4n) is 1.19. The van der Waals surface area contributed by atoms with Crippen molar-refractivity contribution in [2.45, 2.75) is 20.0 Å². The number of halogens is 4. The zero-order valence-electron chi connectivity index (χ0n) is 8.93. The number of ether oxygens (including phenoxy) is 1. The first-order chi connectivity index (χ1) is 7.77. The van der Waals surface area contributed by atoms with Gasteiger partial charge in [-0.3, -0.25) is 0 Å². The summed E-state index contributed by atoms with van der Waals surface area (Å²) in [6.45, 7) is 2.67. The van der Waals surface area contributed by atoms with Gasteiger partial charge in [0.2, 0.25) is 5.28 Å². The van der Waals surface area contributed by atoms with Gasteiger partial charge in [-0.2, -0.15) is 13.2 Å². The topological polar surface area (TPSA) is 52.1 Å². The van der Waals surface area contributed by atoms with E-state index in [4.69, 9.17) is 11.6 Å². The number of rotatable bonds is 2. The van der Waals surface area contributed by atoms with Gasteiger partial charge in [-0.15, -0.1) is 0 Å². The molecule has 0 aromatic carbocycles. The molecular formula is C9H8ClF3N2O2. The monoisotopic (exact) mass is 268 g/mol. The minimum atomic E-state index is -4.79. The Balaban J connectivity index is 3.41. The second kappa shape index (κ2) is 4.87. The largest absolute Gasteiger partial charge is 0.462 e. The lowest BCUT2D eigenvalue weighted by Crippen LogP contribution is -2.20. The second-order valence-electron chi connectivity index (χ2n) is 3.02. The highest BCUT2D eigenvalue weighted by molar-refractivity contribution is 6.28. The van der Waals surface area contributed by atoms with E-state index < -0.39 is 28.7 Å². The van der Waals surface area contributed by atoms with E-state index in [1.807, 2.05) is 0 Å². The van der Waals surface area contributed by atoms with E-state index in [1.165, 1.54) is 13.8 Å². The SMILES string of the molecule is CCOC(=O)c1c(C)nc(Cl)nc1C(F)(F)F. The maximum Gasteiger partial charge on any atom is 0.434 e. The summed E-state index contributed by atoms with van der Waals surface area (Å²) in [6.07, 6.45) is -4.79. The molecule has 0 bridgehead atoms. The molecule has 0 aliphatic heterocycles. The molecule has 8 heteroatoms. The predicted octanol–water partition coefficient (Wildman–Crippen LogP) is 2.63. The molecule has 1 aromatic rings. The van der Waals surface area contributed by atoms with Crippen LogP contribution in [-0.2, 0) is 10.9 Å². The first-order valence-corrected chi connectivity index (χ1v) is 4.93. The van der Waals surface area contributed by atoms with E-state index in [-0.39, 0.29) is 12.3 Å². The van der Waals surface area contributed by atoms with E-state index in [0.29, 0.717) is 0 Å². The molecule has 0 aliphatic rings. The Morgan fingerprint density at radius 3 is 2.47 bits per heavy atom. The third-order valence-corrected chi connectivity index (χ3v) is 1.98. The summed E-state index contributed by atoms with van der Waals surface area (Å²) in [7, 11) is 0. The molecule has 0 fully saturated rings. The van der Waals surface area contributed by atoms with E-state index in [1.54, 1.807) is 0 Å². The smallest absolute Gasteiger partial charge is 0.434 e. The average molecular weight is 269 g/mol. The third-order valence-electron chi connectivity index (χ3n) is 1.81. The minimum absolute atomic E-state index is 0.0435. The van der Waals surface area contributed by atoms with Crippen LogP contribution in [0, 0.1) is 6.92 Å². The lowest BCUT2D eigenvalue weighted by atomic mass is 10.1. The summed E-state index contributed by atoms with van der Waals surface area (Å²) in [5.41, 5.74) is -2.26. The lowest BCUT2D eigenvalue weighted by Gasteiger charge is -2.12. The molecule has 0 aliphatic carbocycles. The zero-order valence-corrected chi connectivity index (χ0v) is 9.69. The van der Waals surface area contributed by atoms with Crippen LogP contribution in [-0.4, -0.2) is 22.5 Å². The van der Waals surface area contributed by atoms with E-state index >= 15 is 0 Å². The Morgan fingerprint density at radius 1 is 1.41 bits per heavy atom. The third kappa shape index (κ3) is 3.06. The number of carbonyl (C=O) groups is 1. The van der Waals surface area contributed by atoms with Gasteiger partial charge >= 0.3 is 12.1 Å². The molecule has 4 nitrogen and oxygen atoms in total. The van der Waals surface area contributed by atoms with Crippen molar-refractivity contribution in [2.75, 3.05) is 6.61 Å². The van der Waals surface area contributed by atoms with E-state index in [2.05, 4.69) is 14.7 Å². The van der Waals surface area contributed by atoms with Gasteiger partial charge in [0.15, 0.2) is 5.69 Å². The van der Waals surface area contributed by atoms with Gasteiger partial charge in [0.25, 0.3) is 0 Å². The summed E-state index contributed by atoms with van der Waals surface area (Å²) in [6, 6.07) is 0. The van der Waals surface area contributed by atoms with Crippen LogP contribution in [0.2, 0.25) is 5.28 Å². The molecular weight excluding hydrogens is 261 g/mol. The Bertz CT molecular complexity index is 449. The summed E-state index contributed by atoms with van der Waals surface area (Å²) in [5, 5.41) is -0.567. The molecule has 0 amide bonds. The van der Waals surface area contributed by atoms with Crippen LogP contribution in [0.15, 0.2) is 0 Å².